The van der Waals surface area contributed by atoms with E-state index in [9.17, 15) is 9.90 Å². The van der Waals surface area contributed by atoms with Crippen molar-refractivity contribution in [2.75, 3.05) is 33.2 Å². The van der Waals surface area contributed by atoms with Crippen molar-refractivity contribution >= 4 is 6.09 Å². The summed E-state index contributed by atoms with van der Waals surface area (Å²) in [7, 11) is 1.85. The number of likely N-dealkylation sites (N-methyl/N-ethyl adjacent to an activating group) is 1. The molecule has 0 aliphatic rings. The van der Waals surface area contributed by atoms with Crippen LogP contribution in [0.25, 0.3) is 10.4 Å². The lowest BCUT2D eigenvalue weighted by atomic mass is 10.2. The Kier molecular flexibility index (Phi) is 8.71. The summed E-state index contributed by atoms with van der Waals surface area (Å²) in [6, 6.07) is 0. The van der Waals surface area contributed by atoms with Gasteiger partial charge in [0.05, 0.1) is 6.10 Å². The van der Waals surface area contributed by atoms with E-state index < -0.39 is 17.8 Å². The molecule has 0 bridgehead atoms. The van der Waals surface area contributed by atoms with E-state index in [-0.39, 0.29) is 6.54 Å². The molecule has 0 radical (unpaired) electrons. The summed E-state index contributed by atoms with van der Waals surface area (Å²) < 4.78 is 5.06. The van der Waals surface area contributed by atoms with Gasteiger partial charge in [-0.15, -0.1) is 0 Å². The Morgan fingerprint density at radius 1 is 1.55 bits per heavy atom. The van der Waals surface area contributed by atoms with Crippen molar-refractivity contribution in [3.63, 3.8) is 0 Å². The van der Waals surface area contributed by atoms with Gasteiger partial charge in [-0.1, -0.05) is 5.11 Å². The zero-order valence-electron chi connectivity index (χ0n) is 12.7. The van der Waals surface area contributed by atoms with Crippen LogP contribution in [0.15, 0.2) is 5.11 Å². The van der Waals surface area contributed by atoms with Gasteiger partial charge in [-0.05, 0) is 46.3 Å². The van der Waals surface area contributed by atoms with E-state index in [1.165, 1.54) is 0 Å². The number of aliphatic hydroxyl groups excluding tert-OH is 1. The third-order valence-electron chi connectivity index (χ3n) is 2.26. The number of carbonyl (C=O) groups is 1. The molecular formula is C12H25N5O3. The molecule has 0 aromatic heterocycles. The van der Waals surface area contributed by atoms with Crippen molar-refractivity contribution in [2.24, 2.45) is 5.11 Å². The maximum Gasteiger partial charge on any atom is 0.407 e. The molecule has 8 heteroatoms. The Hall–Kier alpha value is -1.50. The molecule has 116 valence electrons. The number of hydrogen-bond donors (Lipinski definition) is 2. The molecule has 0 saturated carbocycles. The Bertz CT molecular complexity index is 336. The standard InChI is InChI=1S/C12H25N5O3/c1-12(2,3)20-11(19)14-8-10(18)9-17(4)7-5-6-15-16-13/h10,18H,5-9H2,1-4H3,(H,14,19). The van der Waals surface area contributed by atoms with Crippen molar-refractivity contribution in [1.82, 2.24) is 10.2 Å². The summed E-state index contributed by atoms with van der Waals surface area (Å²) >= 11 is 0. The highest BCUT2D eigenvalue weighted by atomic mass is 16.6. The molecule has 0 aliphatic carbocycles. The summed E-state index contributed by atoms with van der Waals surface area (Å²) in [6.45, 7) is 7.04. The predicted octanol–water partition coefficient (Wildman–Crippen LogP) is 1.50. The monoisotopic (exact) mass is 287 g/mol. The van der Waals surface area contributed by atoms with E-state index >= 15 is 0 Å². The van der Waals surface area contributed by atoms with Crippen molar-refractivity contribution in [2.45, 2.75) is 38.9 Å². The van der Waals surface area contributed by atoms with Gasteiger partial charge in [0.15, 0.2) is 0 Å². The van der Waals surface area contributed by atoms with Crippen LogP contribution in [0.3, 0.4) is 0 Å². The molecule has 0 rings (SSSR count). The highest BCUT2D eigenvalue weighted by molar-refractivity contribution is 5.67. The van der Waals surface area contributed by atoms with Crippen LogP contribution >= 0.6 is 0 Å². The van der Waals surface area contributed by atoms with Crippen molar-refractivity contribution in [1.29, 1.82) is 0 Å². The molecular weight excluding hydrogens is 262 g/mol. The van der Waals surface area contributed by atoms with Gasteiger partial charge in [0.2, 0.25) is 0 Å². The first kappa shape index (κ1) is 18.5. The summed E-state index contributed by atoms with van der Waals surface area (Å²) in [6.07, 6.45) is -0.484. The molecule has 1 atom stereocenters. The average molecular weight is 287 g/mol. The quantitative estimate of drug-likeness (QED) is 0.305. The zero-order valence-corrected chi connectivity index (χ0v) is 12.7. The van der Waals surface area contributed by atoms with Crippen molar-refractivity contribution in [3.05, 3.63) is 10.4 Å². The largest absolute Gasteiger partial charge is 0.444 e. The fourth-order valence-electron chi connectivity index (χ4n) is 1.49. The average Bonchev–Trinajstić information content (AvgIpc) is 2.30. The summed E-state index contributed by atoms with van der Waals surface area (Å²) in [4.78, 5) is 16.0. The van der Waals surface area contributed by atoms with Gasteiger partial charge < -0.3 is 20.1 Å². The molecule has 0 spiro atoms. The van der Waals surface area contributed by atoms with Crippen LogP contribution in [0.1, 0.15) is 27.2 Å². The number of azide groups is 1. The number of ether oxygens (including phenoxy) is 1. The van der Waals surface area contributed by atoms with Crippen molar-refractivity contribution in [3.8, 4) is 0 Å². The molecule has 0 aromatic carbocycles. The molecule has 8 nitrogen and oxygen atoms in total. The molecule has 2 N–H and O–H groups in total. The van der Waals surface area contributed by atoms with E-state index in [1.807, 2.05) is 11.9 Å². The van der Waals surface area contributed by atoms with Crippen LogP contribution in [0, 0.1) is 0 Å². The SMILES string of the molecule is CN(CCCN=[N+]=[N-])CC(O)CNC(=O)OC(C)(C)C. The second-order valence-electron chi connectivity index (χ2n) is 5.61. The van der Waals surface area contributed by atoms with Gasteiger partial charge in [0.25, 0.3) is 0 Å². The number of carbonyl (C=O) groups excluding carboxylic acids is 1. The fraction of sp³-hybridized carbons (Fsp3) is 0.917. The number of hydrogen-bond acceptors (Lipinski definition) is 5. The van der Waals surface area contributed by atoms with Crippen LogP contribution in [0.5, 0.6) is 0 Å². The van der Waals surface area contributed by atoms with E-state index in [0.29, 0.717) is 19.6 Å². The first-order valence-corrected chi connectivity index (χ1v) is 6.59. The molecule has 1 amide bonds. The molecule has 0 heterocycles. The Labute approximate surface area is 119 Å². The van der Waals surface area contributed by atoms with Crippen LogP contribution in [-0.4, -0.2) is 61.0 Å². The van der Waals surface area contributed by atoms with Gasteiger partial charge in [0, 0.05) is 24.5 Å². The first-order chi connectivity index (χ1) is 9.24. The van der Waals surface area contributed by atoms with Crippen LogP contribution in [0.4, 0.5) is 4.79 Å². The Morgan fingerprint density at radius 2 is 2.20 bits per heavy atom. The smallest absolute Gasteiger partial charge is 0.407 e. The number of amides is 1. The lowest BCUT2D eigenvalue weighted by molar-refractivity contribution is 0.0475. The molecule has 0 aliphatic heterocycles. The third-order valence-corrected chi connectivity index (χ3v) is 2.26. The van der Waals surface area contributed by atoms with E-state index in [2.05, 4.69) is 15.3 Å². The number of nitrogens with one attached hydrogen (secondary N) is 1. The topological polar surface area (TPSA) is 111 Å². The number of nitrogens with zero attached hydrogens (tertiary/aromatic N) is 4. The summed E-state index contributed by atoms with van der Waals surface area (Å²) in [5.74, 6) is 0. The van der Waals surface area contributed by atoms with E-state index in [1.54, 1.807) is 20.8 Å². The Morgan fingerprint density at radius 3 is 2.75 bits per heavy atom. The first-order valence-electron chi connectivity index (χ1n) is 6.59. The van der Waals surface area contributed by atoms with Gasteiger partial charge in [0.1, 0.15) is 5.60 Å². The predicted molar refractivity (Wildman–Crippen MR) is 76.4 cm³/mol. The molecule has 0 fully saturated rings. The number of aliphatic hydroxyl groups is 1. The lowest BCUT2D eigenvalue weighted by Crippen LogP contribution is -2.41. The van der Waals surface area contributed by atoms with Gasteiger partial charge in [-0.2, -0.15) is 0 Å². The third kappa shape index (κ3) is 11.6. The van der Waals surface area contributed by atoms with Crippen LogP contribution in [0.2, 0.25) is 0 Å². The highest BCUT2D eigenvalue weighted by Crippen LogP contribution is 2.06. The molecule has 20 heavy (non-hydrogen) atoms. The number of rotatable bonds is 8. The Balaban J connectivity index is 3.79. The minimum atomic E-state index is -0.674. The maximum absolute atomic E-state index is 11.4. The fourth-order valence-corrected chi connectivity index (χ4v) is 1.49. The maximum atomic E-state index is 11.4. The second kappa shape index (κ2) is 9.41. The van der Waals surface area contributed by atoms with Gasteiger partial charge in [-0.25, -0.2) is 4.79 Å². The number of alkyl carbamates (subject to hydrolysis) is 1. The van der Waals surface area contributed by atoms with Crippen molar-refractivity contribution < 1.29 is 14.6 Å². The van der Waals surface area contributed by atoms with Gasteiger partial charge >= 0.3 is 6.09 Å². The van der Waals surface area contributed by atoms with Crippen LogP contribution in [-0.2, 0) is 4.74 Å². The van der Waals surface area contributed by atoms with E-state index in [4.69, 9.17) is 10.3 Å². The zero-order chi connectivity index (χ0) is 15.6. The second-order valence-corrected chi connectivity index (χ2v) is 5.61. The molecule has 1 unspecified atom stereocenters. The van der Waals surface area contributed by atoms with E-state index in [0.717, 1.165) is 6.42 Å². The minimum Gasteiger partial charge on any atom is -0.444 e. The normalized spacial score (nSPS) is 12.7. The highest BCUT2D eigenvalue weighted by Gasteiger charge is 2.17. The summed E-state index contributed by atoms with van der Waals surface area (Å²) in [5.41, 5.74) is 7.58. The minimum absolute atomic E-state index is 0.135. The summed E-state index contributed by atoms with van der Waals surface area (Å²) in [5, 5.41) is 15.7. The lowest BCUT2D eigenvalue weighted by Gasteiger charge is -2.22. The van der Waals surface area contributed by atoms with Gasteiger partial charge in [-0.3, -0.25) is 0 Å². The molecule has 0 saturated heterocycles. The van der Waals surface area contributed by atoms with Crippen LogP contribution < -0.4 is 5.32 Å². The molecule has 0 aromatic rings.